The first-order chi connectivity index (χ1) is 11.1. The molecule has 1 aliphatic rings. The zero-order valence-electron chi connectivity index (χ0n) is 13.9. The Bertz CT molecular complexity index is 709. The molecule has 2 N–H and O–H groups in total. The zero-order valence-corrected chi connectivity index (χ0v) is 13.9. The highest BCUT2D eigenvalue weighted by molar-refractivity contribution is 5.90. The van der Waals surface area contributed by atoms with Gasteiger partial charge < -0.3 is 10.6 Å². The SMILES string of the molecule is Cc1ccccc1NC(=O)NC(C)c1ccc2c(c1)CCCC2. The molecule has 3 rings (SSSR count). The molecule has 120 valence electrons. The number of benzene rings is 2. The van der Waals surface area contributed by atoms with Crippen molar-refractivity contribution in [2.45, 2.75) is 45.6 Å². The number of aryl methyl sites for hydroxylation is 3. The minimum Gasteiger partial charge on any atom is -0.331 e. The molecule has 0 heterocycles. The van der Waals surface area contributed by atoms with Gasteiger partial charge in [-0.3, -0.25) is 0 Å². The molecule has 0 fully saturated rings. The molecule has 3 nitrogen and oxygen atoms in total. The molecule has 0 aromatic heterocycles. The van der Waals surface area contributed by atoms with Gasteiger partial charge in [0.25, 0.3) is 0 Å². The Balaban J connectivity index is 1.65. The summed E-state index contributed by atoms with van der Waals surface area (Å²) in [5.41, 5.74) is 6.00. The van der Waals surface area contributed by atoms with Crippen LogP contribution in [0.1, 0.15) is 48.1 Å². The van der Waals surface area contributed by atoms with Crippen molar-refractivity contribution in [3.05, 3.63) is 64.7 Å². The highest BCUT2D eigenvalue weighted by Gasteiger charge is 2.14. The smallest absolute Gasteiger partial charge is 0.319 e. The molecule has 2 amide bonds. The van der Waals surface area contributed by atoms with Crippen molar-refractivity contribution in [2.24, 2.45) is 0 Å². The summed E-state index contributed by atoms with van der Waals surface area (Å²) in [5.74, 6) is 0. The summed E-state index contributed by atoms with van der Waals surface area (Å²) < 4.78 is 0. The summed E-state index contributed by atoms with van der Waals surface area (Å²) in [7, 11) is 0. The second kappa shape index (κ2) is 6.86. The maximum absolute atomic E-state index is 12.2. The van der Waals surface area contributed by atoms with Crippen LogP contribution in [-0.2, 0) is 12.8 Å². The maximum atomic E-state index is 12.2. The number of rotatable bonds is 3. The van der Waals surface area contributed by atoms with E-state index in [0.29, 0.717) is 0 Å². The second-order valence-electron chi connectivity index (χ2n) is 6.37. The Morgan fingerprint density at radius 3 is 2.57 bits per heavy atom. The average Bonchev–Trinajstić information content (AvgIpc) is 2.56. The quantitative estimate of drug-likeness (QED) is 0.843. The summed E-state index contributed by atoms with van der Waals surface area (Å²) in [6, 6.07) is 14.2. The van der Waals surface area contributed by atoms with Crippen LogP contribution < -0.4 is 10.6 Å². The number of para-hydroxylation sites is 1. The van der Waals surface area contributed by atoms with Gasteiger partial charge in [-0.1, -0.05) is 36.4 Å². The van der Waals surface area contributed by atoms with E-state index in [2.05, 4.69) is 28.8 Å². The number of anilines is 1. The van der Waals surface area contributed by atoms with E-state index >= 15 is 0 Å². The highest BCUT2D eigenvalue weighted by Crippen LogP contribution is 2.25. The van der Waals surface area contributed by atoms with Crippen molar-refractivity contribution >= 4 is 11.7 Å². The molecule has 1 unspecified atom stereocenters. The van der Waals surface area contributed by atoms with Crippen LogP contribution in [0.5, 0.6) is 0 Å². The lowest BCUT2D eigenvalue weighted by atomic mass is 9.89. The maximum Gasteiger partial charge on any atom is 0.319 e. The van der Waals surface area contributed by atoms with Crippen LogP contribution in [0.3, 0.4) is 0 Å². The van der Waals surface area contributed by atoms with Gasteiger partial charge in [-0.2, -0.15) is 0 Å². The first-order valence-corrected chi connectivity index (χ1v) is 8.38. The monoisotopic (exact) mass is 308 g/mol. The van der Waals surface area contributed by atoms with Gasteiger partial charge in [-0.15, -0.1) is 0 Å². The number of nitrogens with one attached hydrogen (secondary N) is 2. The Labute approximate surface area is 138 Å². The van der Waals surface area contributed by atoms with Crippen LogP contribution in [-0.4, -0.2) is 6.03 Å². The normalized spacial score (nSPS) is 14.7. The summed E-state index contributed by atoms with van der Waals surface area (Å²) in [6.45, 7) is 4.02. The molecule has 2 aromatic carbocycles. The lowest BCUT2D eigenvalue weighted by Crippen LogP contribution is -2.31. The van der Waals surface area contributed by atoms with E-state index in [-0.39, 0.29) is 12.1 Å². The number of hydrogen-bond donors (Lipinski definition) is 2. The third-order valence-electron chi connectivity index (χ3n) is 4.61. The molecule has 0 radical (unpaired) electrons. The van der Waals surface area contributed by atoms with Crippen LogP contribution in [0, 0.1) is 6.92 Å². The number of carbonyl (C=O) groups is 1. The van der Waals surface area contributed by atoms with Crippen molar-refractivity contribution in [1.82, 2.24) is 5.32 Å². The van der Waals surface area contributed by atoms with Crippen molar-refractivity contribution in [1.29, 1.82) is 0 Å². The largest absolute Gasteiger partial charge is 0.331 e. The first-order valence-electron chi connectivity index (χ1n) is 8.38. The fraction of sp³-hybridized carbons (Fsp3) is 0.350. The lowest BCUT2D eigenvalue weighted by Gasteiger charge is -2.20. The molecule has 1 atom stereocenters. The van der Waals surface area contributed by atoms with Gasteiger partial charge in [-0.05, 0) is 67.9 Å². The second-order valence-corrected chi connectivity index (χ2v) is 6.37. The third kappa shape index (κ3) is 3.73. The number of carbonyl (C=O) groups excluding carboxylic acids is 1. The Hall–Kier alpha value is -2.29. The minimum atomic E-state index is -0.162. The first kappa shape index (κ1) is 15.6. The third-order valence-corrected chi connectivity index (χ3v) is 4.61. The van der Waals surface area contributed by atoms with E-state index in [9.17, 15) is 4.79 Å². The topological polar surface area (TPSA) is 41.1 Å². The van der Waals surface area contributed by atoms with Gasteiger partial charge in [0.1, 0.15) is 0 Å². The van der Waals surface area contributed by atoms with Crippen LogP contribution in [0.4, 0.5) is 10.5 Å². The number of urea groups is 1. The Morgan fingerprint density at radius 2 is 1.78 bits per heavy atom. The predicted molar refractivity (Wildman–Crippen MR) is 94.8 cm³/mol. The highest BCUT2D eigenvalue weighted by atomic mass is 16.2. The van der Waals surface area contributed by atoms with E-state index in [0.717, 1.165) is 17.7 Å². The fourth-order valence-electron chi connectivity index (χ4n) is 3.17. The molecule has 0 aliphatic heterocycles. The van der Waals surface area contributed by atoms with Gasteiger partial charge in [0, 0.05) is 5.69 Å². The summed E-state index contributed by atoms with van der Waals surface area (Å²) in [4.78, 5) is 12.2. The van der Waals surface area contributed by atoms with E-state index in [1.165, 1.54) is 36.0 Å². The molecule has 1 aliphatic carbocycles. The minimum absolute atomic E-state index is 0.00811. The van der Waals surface area contributed by atoms with Crippen molar-refractivity contribution < 1.29 is 4.79 Å². The number of hydrogen-bond acceptors (Lipinski definition) is 1. The van der Waals surface area contributed by atoms with Crippen molar-refractivity contribution in [3.63, 3.8) is 0 Å². The molecule has 0 saturated carbocycles. The standard InChI is InChI=1S/C20H24N2O/c1-14-7-3-6-10-19(14)22-20(23)21-15(2)17-12-11-16-8-4-5-9-18(16)13-17/h3,6-7,10-13,15H,4-5,8-9H2,1-2H3,(H2,21,22,23). The molecule has 0 bridgehead atoms. The molecule has 23 heavy (non-hydrogen) atoms. The number of fused-ring (bicyclic) bond motifs is 1. The molecular weight excluding hydrogens is 284 g/mol. The van der Waals surface area contributed by atoms with Crippen LogP contribution >= 0.6 is 0 Å². The molecule has 3 heteroatoms. The zero-order chi connectivity index (χ0) is 16.2. The van der Waals surface area contributed by atoms with Crippen molar-refractivity contribution in [3.8, 4) is 0 Å². The van der Waals surface area contributed by atoms with E-state index in [1.54, 1.807) is 0 Å². The van der Waals surface area contributed by atoms with Crippen molar-refractivity contribution in [2.75, 3.05) is 5.32 Å². The molecule has 2 aromatic rings. The summed E-state index contributed by atoms with van der Waals surface area (Å²) in [5, 5.41) is 5.95. The predicted octanol–water partition coefficient (Wildman–Crippen LogP) is 4.76. The fourth-order valence-corrected chi connectivity index (χ4v) is 3.17. The molecular formula is C20H24N2O. The van der Waals surface area contributed by atoms with Crippen LogP contribution in [0.25, 0.3) is 0 Å². The summed E-state index contributed by atoms with van der Waals surface area (Å²) >= 11 is 0. The van der Waals surface area contributed by atoms with Gasteiger partial charge in [0.05, 0.1) is 6.04 Å². The lowest BCUT2D eigenvalue weighted by molar-refractivity contribution is 0.249. The van der Waals surface area contributed by atoms with Crippen LogP contribution in [0.15, 0.2) is 42.5 Å². The Kier molecular flexibility index (Phi) is 4.65. The van der Waals surface area contributed by atoms with E-state index in [4.69, 9.17) is 0 Å². The summed E-state index contributed by atoms with van der Waals surface area (Å²) in [6.07, 6.45) is 4.90. The van der Waals surface area contributed by atoms with Gasteiger partial charge in [0.15, 0.2) is 0 Å². The van der Waals surface area contributed by atoms with Gasteiger partial charge in [0.2, 0.25) is 0 Å². The van der Waals surface area contributed by atoms with E-state index < -0.39 is 0 Å². The number of amides is 2. The van der Waals surface area contributed by atoms with Gasteiger partial charge >= 0.3 is 6.03 Å². The van der Waals surface area contributed by atoms with Crippen LogP contribution in [0.2, 0.25) is 0 Å². The average molecular weight is 308 g/mol. The molecule has 0 saturated heterocycles. The molecule has 0 spiro atoms. The van der Waals surface area contributed by atoms with Gasteiger partial charge in [-0.25, -0.2) is 4.79 Å². The van der Waals surface area contributed by atoms with E-state index in [1.807, 2.05) is 38.1 Å². The Morgan fingerprint density at radius 1 is 1.04 bits per heavy atom.